The monoisotopic (exact) mass is 611 g/mol. The summed E-state index contributed by atoms with van der Waals surface area (Å²) in [7, 11) is 0. The van der Waals surface area contributed by atoms with Crippen molar-refractivity contribution in [3.8, 4) is 11.5 Å². The Morgan fingerprint density at radius 3 is 2.28 bits per heavy atom. The predicted octanol–water partition coefficient (Wildman–Crippen LogP) is 7.50. The number of rotatable bonds is 14. The van der Waals surface area contributed by atoms with E-state index in [1.165, 1.54) is 6.08 Å². The Kier molecular flexibility index (Phi) is 15.3. The topological polar surface area (TPSA) is 49.3 Å². The van der Waals surface area contributed by atoms with E-state index in [1.54, 1.807) is 24.4 Å². The highest BCUT2D eigenvalue weighted by atomic mass is 79.9. The minimum Gasteiger partial charge on any atom is -0.490 e. The molecule has 0 amide bonds. The third kappa shape index (κ3) is 13.7. The molecule has 0 aliphatic carbocycles. The highest BCUT2D eigenvalue weighted by molar-refractivity contribution is 9.28. The lowest BCUT2D eigenvalue weighted by atomic mass is 10.3. The fourth-order valence-corrected chi connectivity index (χ4v) is 2.77. The maximum absolute atomic E-state index is 6.21. The number of hydrogen-bond acceptors (Lipinski definition) is 5. The number of halogens is 6. The van der Waals surface area contributed by atoms with Crippen molar-refractivity contribution in [1.29, 1.82) is 0 Å². The maximum Gasteiger partial charge on any atom is 0.156 e. The van der Waals surface area contributed by atoms with Crippen LogP contribution in [0.15, 0.2) is 37.3 Å². The first-order valence-electron chi connectivity index (χ1n) is 8.38. The van der Waals surface area contributed by atoms with E-state index in [-0.39, 0.29) is 11.1 Å². The van der Waals surface area contributed by atoms with Crippen LogP contribution in [0, 0.1) is 0 Å². The van der Waals surface area contributed by atoms with Gasteiger partial charge in [0.15, 0.2) is 5.75 Å². The van der Waals surface area contributed by atoms with Gasteiger partial charge in [0, 0.05) is 18.7 Å². The van der Waals surface area contributed by atoms with Crippen molar-refractivity contribution < 1.29 is 19.0 Å². The SMILES string of the molecule is ClC(Cl)=CCOc1cc(Cl)c(OCCCCOCC=NOCC=C(Br)Br)c(Cl)c1. The van der Waals surface area contributed by atoms with E-state index in [1.807, 2.05) is 0 Å². The molecular formula is C18H19Br2Cl4NO4. The Morgan fingerprint density at radius 1 is 0.931 bits per heavy atom. The predicted molar refractivity (Wildman–Crippen MR) is 128 cm³/mol. The molecular weight excluding hydrogens is 596 g/mol. The van der Waals surface area contributed by atoms with Crippen LogP contribution >= 0.6 is 78.3 Å². The average Bonchev–Trinajstić information content (AvgIpc) is 2.64. The van der Waals surface area contributed by atoms with Gasteiger partial charge in [-0.2, -0.15) is 0 Å². The molecule has 1 rings (SSSR count). The summed E-state index contributed by atoms with van der Waals surface area (Å²) in [6.45, 7) is 1.99. The summed E-state index contributed by atoms with van der Waals surface area (Å²) in [5.74, 6) is 0.911. The zero-order valence-corrected chi connectivity index (χ0v) is 21.4. The van der Waals surface area contributed by atoms with Crippen molar-refractivity contribution in [3.63, 3.8) is 0 Å². The zero-order chi connectivity index (χ0) is 21.5. The van der Waals surface area contributed by atoms with Gasteiger partial charge in [0.05, 0.1) is 32.9 Å². The first-order chi connectivity index (χ1) is 13.9. The fraction of sp³-hybridized carbons (Fsp3) is 0.389. The van der Waals surface area contributed by atoms with E-state index in [9.17, 15) is 0 Å². The quantitative estimate of drug-likeness (QED) is 0.124. The van der Waals surface area contributed by atoms with Gasteiger partial charge in [0.1, 0.15) is 23.5 Å². The number of ether oxygens (including phenoxy) is 3. The van der Waals surface area contributed by atoms with Gasteiger partial charge < -0.3 is 19.0 Å². The summed E-state index contributed by atoms with van der Waals surface area (Å²) in [6.07, 6.45) is 6.45. The number of nitrogens with zero attached hydrogens (tertiary/aromatic N) is 1. The molecule has 0 saturated carbocycles. The Labute approximate surface area is 207 Å². The Hall–Kier alpha value is -0.150. The van der Waals surface area contributed by atoms with Gasteiger partial charge in [0.25, 0.3) is 0 Å². The second-order valence-corrected chi connectivity index (χ2v) is 9.82. The maximum atomic E-state index is 6.21. The van der Waals surface area contributed by atoms with Crippen molar-refractivity contribution >= 4 is 84.5 Å². The van der Waals surface area contributed by atoms with Crippen molar-refractivity contribution in [2.45, 2.75) is 12.8 Å². The number of benzene rings is 1. The summed E-state index contributed by atoms with van der Waals surface area (Å²) in [5.41, 5.74) is 0. The second-order valence-electron chi connectivity index (χ2n) is 5.23. The van der Waals surface area contributed by atoms with Crippen molar-refractivity contribution in [2.24, 2.45) is 5.16 Å². The second kappa shape index (κ2) is 16.5. The Bertz CT molecular complexity index is 686. The van der Waals surface area contributed by atoms with Crippen LogP contribution in [0.3, 0.4) is 0 Å². The van der Waals surface area contributed by atoms with Gasteiger partial charge in [-0.3, -0.25) is 0 Å². The first-order valence-corrected chi connectivity index (χ1v) is 11.5. The molecule has 29 heavy (non-hydrogen) atoms. The van der Waals surface area contributed by atoms with Crippen LogP contribution in [0.5, 0.6) is 11.5 Å². The molecule has 11 heteroatoms. The van der Waals surface area contributed by atoms with Crippen molar-refractivity contribution in [3.05, 3.63) is 42.2 Å². The summed E-state index contributed by atoms with van der Waals surface area (Å²) in [6, 6.07) is 3.24. The van der Waals surface area contributed by atoms with Crippen LogP contribution < -0.4 is 9.47 Å². The van der Waals surface area contributed by atoms with Gasteiger partial charge >= 0.3 is 0 Å². The third-order valence-corrected chi connectivity index (χ3v) is 4.56. The van der Waals surface area contributed by atoms with E-state index >= 15 is 0 Å². The molecule has 0 aliphatic heterocycles. The highest BCUT2D eigenvalue weighted by Crippen LogP contribution is 2.37. The smallest absolute Gasteiger partial charge is 0.156 e. The van der Waals surface area contributed by atoms with E-state index in [2.05, 4.69) is 37.0 Å². The third-order valence-electron chi connectivity index (χ3n) is 3.04. The molecule has 0 atom stereocenters. The summed E-state index contributed by atoms with van der Waals surface area (Å²) < 4.78 is 17.5. The van der Waals surface area contributed by atoms with E-state index in [0.29, 0.717) is 48.0 Å². The van der Waals surface area contributed by atoms with Gasteiger partial charge in [-0.05, 0) is 56.9 Å². The summed E-state index contributed by atoms with van der Waals surface area (Å²) in [5, 5.41) is 4.48. The van der Waals surface area contributed by atoms with Crippen LogP contribution in [0.1, 0.15) is 12.8 Å². The van der Waals surface area contributed by atoms with Gasteiger partial charge in [-0.15, -0.1) is 0 Å². The van der Waals surface area contributed by atoms with Gasteiger partial charge in [0.2, 0.25) is 0 Å². The van der Waals surface area contributed by atoms with Crippen LogP contribution in [-0.4, -0.2) is 39.2 Å². The lowest BCUT2D eigenvalue weighted by Gasteiger charge is -2.12. The van der Waals surface area contributed by atoms with Gasteiger partial charge in [-0.1, -0.05) is 51.6 Å². The van der Waals surface area contributed by atoms with E-state index in [4.69, 9.17) is 65.5 Å². The molecule has 0 N–H and O–H groups in total. The molecule has 0 bridgehead atoms. The molecule has 0 aliphatic rings. The molecule has 0 spiro atoms. The lowest BCUT2D eigenvalue weighted by Crippen LogP contribution is -2.03. The first kappa shape index (κ1) is 26.9. The molecule has 0 radical (unpaired) electrons. The molecule has 0 unspecified atom stereocenters. The molecule has 5 nitrogen and oxygen atoms in total. The van der Waals surface area contributed by atoms with Crippen LogP contribution in [0.4, 0.5) is 0 Å². The van der Waals surface area contributed by atoms with Crippen molar-refractivity contribution in [2.75, 3.05) is 33.0 Å². The molecule has 0 saturated heterocycles. The molecule has 1 aromatic carbocycles. The fourth-order valence-electron chi connectivity index (χ4n) is 1.80. The summed E-state index contributed by atoms with van der Waals surface area (Å²) in [4.78, 5) is 4.99. The number of unbranched alkanes of at least 4 members (excludes halogenated alkanes) is 1. The Balaban J connectivity index is 2.20. The minimum atomic E-state index is 0.128. The number of hydrogen-bond donors (Lipinski definition) is 0. The van der Waals surface area contributed by atoms with E-state index in [0.717, 1.165) is 16.2 Å². The molecule has 162 valence electrons. The molecule has 0 heterocycles. The van der Waals surface area contributed by atoms with E-state index < -0.39 is 0 Å². The molecule has 0 aromatic heterocycles. The lowest BCUT2D eigenvalue weighted by molar-refractivity contribution is 0.150. The molecule has 0 fully saturated rings. The van der Waals surface area contributed by atoms with Crippen LogP contribution in [0.25, 0.3) is 0 Å². The number of oxime groups is 1. The van der Waals surface area contributed by atoms with Crippen molar-refractivity contribution in [1.82, 2.24) is 0 Å². The van der Waals surface area contributed by atoms with Crippen LogP contribution in [0.2, 0.25) is 10.0 Å². The Morgan fingerprint density at radius 2 is 1.62 bits per heavy atom. The average molecular weight is 615 g/mol. The minimum absolute atomic E-state index is 0.128. The van der Waals surface area contributed by atoms with Gasteiger partial charge in [-0.25, -0.2) is 0 Å². The molecule has 1 aromatic rings. The zero-order valence-electron chi connectivity index (χ0n) is 15.2. The summed E-state index contributed by atoms with van der Waals surface area (Å²) >= 11 is 29.9. The standard InChI is InChI=1S/C18H19Br2Cl4NO4/c19-16(20)3-9-29-25-5-10-26-6-1-2-7-28-18-14(21)11-13(12-15(18)22)27-8-4-17(23)24/h3-5,11-12H,1-2,6-10H2. The normalized spacial score (nSPS) is 10.7. The largest absolute Gasteiger partial charge is 0.490 e. The van der Waals surface area contributed by atoms with Crippen LogP contribution in [-0.2, 0) is 9.57 Å². The highest BCUT2D eigenvalue weighted by Gasteiger charge is 2.10.